The molecule has 0 aromatic carbocycles. The molecule has 0 bridgehead atoms. The molecule has 3 aromatic heterocycles. The van der Waals surface area contributed by atoms with Crippen LogP contribution >= 0.6 is 0 Å². The van der Waals surface area contributed by atoms with E-state index in [0.717, 1.165) is 22.5 Å². The van der Waals surface area contributed by atoms with Gasteiger partial charge in [-0.1, -0.05) is 6.07 Å². The first-order valence-electron chi connectivity index (χ1n) is 4.96. The zero-order chi connectivity index (χ0) is 10.8. The van der Waals surface area contributed by atoms with Crippen LogP contribution in [-0.4, -0.2) is 4.98 Å². The van der Waals surface area contributed by atoms with Crippen LogP contribution < -0.4 is 0 Å². The lowest BCUT2D eigenvalue weighted by atomic mass is 10.1. The van der Waals surface area contributed by atoms with Crippen LogP contribution in [0, 0.1) is 0 Å². The maximum Gasteiger partial charge on any atom is 0.0996 e. The summed E-state index contributed by atoms with van der Waals surface area (Å²) in [5.74, 6) is 0. The van der Waals surface area contributed by atoms with Crippen molar-refractivity contribution in [2.24, 2.45) is 0 Å². The summed E-state index contributed by atoms with van der Waals surface area (Å²) in [6, 6.07) is 9.66. The summed E-state index contributed by atoms with van der Waals surface area (Å²) in [6.07, 6.45) is 6.64. The molecule has 0 aliphatic rings. The number of pyridine rings is 1. The largest absolute Gasteiger partial charge is 0.472 e. The van der Waals surface area contributed by atoms with Gasteiger partial charge in [-0.05, 0) is 24.3 Å². The molecule has 3 heteroatoms. The van der Waals surface area contributed by atoms with E-state index in [2.05, 4.69) is 4.98 Å². The molecular weight excluding hydrogens is 202 g/mol. The maximum absolute atomic E-state index is 5.04. The van der Waals surface area contributed by atoms with Gasteiger partial charge in [0, 0.05) is 11.1 Å². The minimum atomic E-state index is 0.896. The van der Waals surface area contributed by atoms with E-state index in [0.29, 0.717) is 0 Å². The molecule has 3 heterocycles. The van der Waals surface area contributed by atoms with Gasteiger partial charge < -0.3 is 8.83 Å². The van der Waals surface area contributed by atoms with E-state index in [4.69, 9.17) is 8.83 Å². The smallest absolute Gasteiger partial charge is 0.0996 e. The fraction of sp³-hybridized carbons (Fsp3) is 0. The lowest BCUT2D eigenvalue weighted by Crippen LogP contribution is -1.84. The van der Waals surface area contributed by atoms with Crippen LogP contribution in [0.1, 0.15) is 0 Å². The summed E-state index contributed by atoms with van der Waals surface area (Å²) in [6.45, 7) is 0. The van der Waals surface area contributed by atoms with Crippen molar-refractivity contribution in [3.8, 4) is 22.5 Å². The molecule has 16 heavy (non-hydrogen) atoms. The van der Waals surface area contributed by atoms with E-state index in [-0.39, 0.29) is 0 Å². The number of aromatic nitrogens is 1. The Morgan fingerprint density at radius 2 is 1.31 bits per heavy atom. The SMILES string of the molecule is c1cc(-c2ccoc2)nc(-c2ccoc2)c1. The van der Waals surface area contributed by atoms with Gasteiger partial charge in [0.15, 0.2) is 0 Å². The van der Waals surface area contributed by atoms with Gasteiger partial charge in [0.1, 0.15) is 0 Å². The van der Waals surface area contributed by atoms with Crippen molar-refractivity contribution in [2.75, 3.05) is 0 Å². The van der Waals surface area contributed by atoms with Crippen molar-refractivity contribution >= 4 is 0 Å². The molecule has 0 N–H and O–H groups in total. The molecule has 3 rings (SSSR count). The molecule has 78 valence electrons. The predicted molar refractivity (Wildman–Crippen MR) is 59.6 cm³/mol. The Bertz CT molecular complexity index is 518. The molecule has 0 radical (unpaired) electrons. The minimum Gasteiger partial charge on any atom is -0.472 e. The third-order valence-electron chi connectivity index (χ3n) is 2.38. The minimum absolute atomic E-state index is 0.896. The van der Waals surface area contributed by atoms with E-state index in [1.165, 1.54) is 0 Å². The monoisotopic (exact) mass is 211 g/mol. The Balaban J connectivity index is 2.07. The van der Waals surface area contributed by atoms with Crippen LogP contribution in [0.15, 0.2) is 64.2 Å². The summed E-state index contributed by atoms with van der Waals surface area (Å²) in [5, 5.41) is 0. The maximum atomic E-state index is 5.04. The molecule has 0 atom stereocenters. The molecule has 0 aliphatic heterocycles. The van der Waals surface area contributed by atoms with Crippen LogP contribution in [0.5, 0.6) is 0 Å². The highest BCUT2D eigenvalue weighted by Crippen LogP contribution is 2.22. The van der Waals surface area contributed by atoms with Crippen molar-refractivity contribution < 1.29 is 8.83 Å². The predicted octanol–water partition coefficient (Wildman–Crippen LogP) is 3.60. The van der Waals surface area contributed by atoms with Crippen molar-refractivity contribution in [2.45, 2.75) is 0 Å². The van der Waals surface area contributed by atoms with Gasteiger partial charge in [0.2, 0.25) is 0 Å². The average Bonchev–Trinajstić information content (AvgIpc) is 3.03. The summed E-state index contributed by atoms with van der Waals surface area (Å²) in [5.41, 5.74) is 3.75. The summed E-state index contributed by atoms with van der Waals surface area (Å²) in [7, 11) is 0. The summed E-state index contributed by atoms with van der Waals surface area (Å²) in [4.78, 5) is 4.54. The van der Waals surface area contributed by atoms with E-state index >= 15 is 0 Å². The van der Waals surface area contributed by atoms with E-state index < -0.39 is 0 Å². The lowest BCUT2D eigenvalue weighted by molar-refractivity contribution is 0.568. The highest BCUT2D eigenvalue weighted by Gasteiger charge is 2.04. The molecule has 0 amide bonds. The van der Waals surface area contributed by atoms with Gasteiger partial charge in [-0.2, -0.15) is 0 Å². The highest BCUT2D eigenvalue weighted by molar-refractivity contribution is 5.64. The third kappa shape index (κ3) is 1.52. The number of rotatable bonds is 2. The zero-order valence-electron chi connectivity index (χ0n) is 8.46. The third-order valence-corrected chi connectivity index (χ3v) is 2.38. The van der Waals surface area contributed by atoms with Crippen molar-refractivity contribution in [1.82, 2.24) is 4.98 Å². The van der Waals surface area contributed by atoms with Crippen molar-refractivity contribution in [3.63, 3.8) is 0 Å². The molecule has 0 aliphatic carbocycles. The van der Waals surface area contributed by atoms with Gasteiger partial charge in [-0.15, -0.1) is 0 Å². The van der Waals surface area contributed by atoms with Gasteiger partial charge in [-0.25, -0.2) is 4.98 Å². The molecule has 3 nitrogen and oxygen atoms in total. The summed E-state index contributed by atoms with van der Waals surface area (Å²) < 4.78 is 10.1. The van der Waals surface area contributed by atoms with E-state index in [9.17, 15) is 0 Å². The Morgan fingerprint density at radius 3 is 1.75 bits per heavy atom. The van der Waals surface area contributed by atoms with Crippen LogP contribution in [0.25, 0.3) is 22.5 Å². The second-order valence-electron chi connectivity index (χ2n) is 3.43. The molecule has 0 fully saturated rings. The van der Waals surface area contributed by atoms with Crippen molar-refractivity contribution in [1.29, 1.82) is 0 Å². The first-order chi connectivity index (χ1) is 7.93. The topological polar surface area (TPSA) is 39.2 Å². The van der Waals surface area contributed by atoms with Gasteiger partial charge in [0.05, 0.1) is 36.4 Å². The number of furan rings is 2. The first-order valence-corrected chi connectivity index (χ1v) is 4.96. The number of nitrogens with zero attached hydrogens (tertiary/aromatic N) is 1. The lowest BCUT2D eigenvalue weighted by Gasteiger charge is -1.99. The van der Waals surface area contributed by atoms with E-state index in [1.54, 1.807) is 25.1 Å². The molecule has 0 saturated heterocycles. The Labute approximate surface area is 92.4 Å². The van der Waals surface area contributed by atoms with Crippen LogP contribution in [0.3, 0.4) is 0 Å². The van der Waals surface area contributed by atoms with Crippen LogP contribution in [0.4, 0.5) is 0 Å². The quantitative estimate of drug-likeness (QED) is 0.650. The van der Waals surface area contributed by atoms with Crippen LogP contribution in [0.2, 0.25) is 0 Å². The fourth-order valence-electron chi connectivity index (χ4n) is 1.58. The fourth-order valence-corrected chi connectivity index (χ4v) is 1.58. The Kier molecular flexibility index (Phi) is 2.07. The normalized spacial score (nSPS) is 10.5. The van der Waals surface area contributed by atoms with E-state index in [1.807, 2.05) is 30.3 Å². The summed E-state index contributed by atoms with van der Waals surface area (Å²) >= 11 is 0. The number of hydrogen-bond acceptors (Lipinski definition) is 3. The van der Waals surface area contributed by atoms with Gasteiger partial charge in [-0.3, -0.25) is 0 Å². The molecule has 0 spiro atoms. The Morgan fingerprint density at radius 1 is 0.750 bits per heavy atom. The molecular formula is C13H9NO2. The Hall–Kier alpha value is -2.29. The average molecular weight is 211 g/mol. The molecule has 0 unspecified atom stereocenters. The van der Waals surface area contributed by atoms with Gasteiger partial charge in [0.25, 0.3) is 0 Å². The highest BCUT2D eigenvalue weighted by atomic mass is 16.3. The molecule has 3 aromatic rings. The van der Waals surface area contributed by atoms with Gasteiger partial charge >= 0.3 is 0 Å². The second kappa shape index (κ2) is 3.70. The van der Waals surface area contributed by atoms with Crippen molar-refractivity contribution in [3.05, 3.63) is 55.4 Å². The first kappa shape index (κ1) is 8.97. The number of hydrogen-bond donors (Lipinski definition) is 0. The van der Waals surface area contributed by atoms with Crippen LogP contribution in [-0.2, 0) is 0 Å². The standard InChI is InChI=1S/C13H9NO2/c1-2-12(10-4-6-15-8-10)14-13(3-1)11-5-7-16-9-11/h1-9H. The zero-order valence-corrected chi connectivity index (χ0v) is 8.46. The second-order valence-corrected chi connectivity index (χ2v) is 3.43. The molecule has 0 saturated carbocycles.